The van der Waals surface area contributed by atoms with Crippen LogP contribution in [0.15, 0.2) is 24.3 Å². The molecule has 1 aliphatic carbocycles. The largest absolute Gasteiger partial charge is 0.345 e. The van der Waals surface area contributed by atoms with Gasteiger partial charge in [0.1, 0.15) is 0 Å². The predicted octanol–water partition coefficient (Wildman–Crippen LogP) is 2.37. The molecule has 2 amide bonds. The van der Waals surface area contributed by atoms with Crippen LogP contribution in [-0.4, -0.2) is 22.8 Å². The number of nitro groups is 1. The highest BCUT2D eigenvalue weighted by Crippen LogP contribution is 2.18. The molecule has 2 N–H and O–H groups in total. The molecule has 0 unspecified atom stereocenters. The third kappa shape index (κ3) is 4.54. The van der Waals surface area contributed by atoms with E-state index in [1.807, 2.05) is 0 Å². The number of hydrogen-bond donors (Lipinski definition) is 2. The Bertz CT molecular complexity index is 566. The Morgan fingerprint density at radius 2 is 1.77 bits per heavy atom. The fraction of sp³-hybridized carbons (Fsp3) is 0.467. The molecule has 7 nitrogen and oxygen atoms in total. The molecule has 118 valence electrons. The van der Waals surface area contributed by atoms with Crippen molar-refractivity contribution in [1.29, 1.82) is 0 Å². The summed E-state index contributed by atoms with van der Waals surface area (Å²) in [6.45, 7) is 0. The lowest BCUT2D eigenvalue weighted by Crippen LogP contribution is -2.41. The minimum absolute atomic E-state index is 0.0332. The van der Waals surface area contributed by atoms with Crippen LogP contribution < -0.4 is 10.6 Å². The number of benzene rings is 1. The van der Waals surface area contributed by atoms with Crippen LogP contribution in [0.25, 0.3) is 0 Å². The summed E-state index contributed by atoms with van der Waals surface area (Å²) in [4.78, 5) is 33.9. The van der Waals surface area contributed by atoms with Crippen molar-refractivity contribution >= 4 is 23.2 Å². The molecule has 0 aliphatic heterocycles. The molecule has 0 atom stereocenters. The van der Waals surface area contributed by atoms with Crippen LogP contribution in [0.4, 0.5) is 11.4 Å². The van der Waals surface area contributed by atoms with Crippen molar-refractivity contribution < 1.29 is 14.5 Å². The van der Waals surface area contributed by atoms with Crippen LogP contribution in [0.5, 0.6) is 0 Å². The summed E-state index contributed by atoms with van der Waals surface area (Å²) in [6.07, 6.45) is 6.19. The monoisotopic (exact) mass is 305 g/mol. The summed E-state index contributed by atoms with van der Waals surface area (Å²) in [5.74, 6) is -1.50. The molecule has 7 heteroatoms. The summed E-state index contributed by atoms with van der Waals surface area (Å²) in [7, 11) is 0. The number of anilines is 1. The summed E-state index contributed by atoms with van der Waals surface area (Å²) >= 11 is 0. The first kappa shape index (κ1) is 15.9. The summed E-state index contributed by atoms with van der Waals surface area (Å²) in [6, 6.07) is 5.53. The number of amides is 2. The maximum absolute atomic E-state index is 11.9. The Morgan fingerprint density at radius 1 is 1.09 bits per heavy atom. The molecule has 0 aromatic heterocycles. The molecule has 0 radical (unpaired) electrons. The van der Waals surface area contributed by atoms with Gasteiger partial charge in [0.2, 0.25) is 0 Å². The van der Waals surface area contributed by atoms with Crippen molar-refractivity contribution in [3.63, 3.8) is 0 Å². The molecule has 0 bridgehead atoms. The van der Waals surface area contributed by atoms with Gasteiger partial charge in [-0.3, -0.25) is 19.7 Å². The Balaban J connectivity index is 1.92. The van der Waals surface area contributed by atoms with Crippen LogP contribution in [0.3, 0.4) is 0 Å². The Labute approximate surface area is 128 Å². The number of carbonyl (C=O) groups excluding carboxylic acids is 2. The van der Waals surface area contributed by atoms with Gasteiger partial charge in [-0.2, -0.15) is 0 Å². The van der Waals surface area contributed by atoms with E-state index in [1.54, 1.807) is 0 Å². The SMILES string of the molecule is O=C(Nc1cccc([N+](=O)[O-])c1)C(=O)NC1CCCCCC1. The Morgan fingerprint density at radius 3 is 2.41 bits per heavy atom. The summed E-state index contributed by atoms with van der Waals surface area (Å²) in [5, 5.41) is 15.8. The van der Waals surface area contributed by atoms with E-state index in [0.717, 1.165) is 38.5 Å². The van der Waals surface area contributed by atoms with Gasteiger partial charge in [0, 0.05) is 23.9 Å². The maximum atomic E-state index is 11.9. The first-order valence-electron chi connectivity index (χ1n) is 7.42. The number of nitrogens with zero attached hydrogens (tertiary/aromatic N) is 1. The van der Waals surface area contributed by atoms with Gasteiger partial charge in [-0.05, 0) is 18.9 Å². The first-order valence-corrected chi connectivity index (χ1v) is 7.42. The van der Waals surface area contributed by atoms with Crippen molar-refractivity contribution in [1.82, 2.24) is 5.32 Å². The van der Waals surface area contributed by atoms with E-state index >= 15 is 0 Å². The highest BCUT2D eigenvalue weighted by molar-refractivity contribution is 6.39. The van der Waals surface area contributed by atoms with Crippen molar-refractivity contribution in [2.45, 2.75) is 44.6 Å². The minimum Gasteiger partial charge on any atom is -0.345 e. The van der Waals surface area contributed by atoms with Gasteiger partial charge < -0.3 is 10.6 Å². The van der Waals surface area contributed by atoms with Gasteiger partial charge in [-0.15, -0.1) is 0 Å². The fourth-order valence-corrected chi connectivity index (χ4v) is 2.56. The van der Waals surface area contributed by atoms with Gasteiger partial charge >= 0.3 is 11.8 Å². The number of non-ortho nitro benzene ring substituents is 1. The van der Waals surface area contributed by atoms with Crippen molar-refractivity contribution in [2.75, 3.05) is 5.32 Å². The zero-order valence-corrected chi connectivity index (χ0v) is 12.2. The predicted molar refractivity (Wildman–Crippen MR) is 81.4 cm³/mol. The average Bonchev–Trinajstić information content (AvgIpc) is 2.76. The van der Waals surface area contributed by atoms with E-state index in [0.29, 0.717) is 0 Å². The van der Waals surface area contributed by atoms with Gasteiger partial charge in [0.05, 0.1) is 4.92 Å². The average molecular weight is 305 g/mol. The fourth-order valence-electron chi connectivity index (χ4n) is 2.56. The molecule has 1 saturated carbocycles. The van der Waals surface area contributed by atoms with Crippen LogP contribution >= 0.6 is 0 Å². The van der Waals surface area contributed by atoms with E-state index in [9.17, 15) is 19.7 Å². The number of hydrogen-bond acceptors (Lipinski definition) is 4. The first-order chi connectivity index (χ1) is 10.6. The molecule has 1 aromatic rings. The highest BCUT2D eigenvalue weighted by Gasteiger charge is 2.20. The number of rotatable bonds is 3. The molecular formula is C15H19N3O4. The molecule has 1 aromatic carbocycles. The van der Waals surface area contributed by atoms with Crippen LogP contribution in [0.2, 0.25) is 0 Å². The van der Waals surface area contributed by atoms with Gasteiger partial charge in [-0.1, -0.05) is 31.7 Å². The topological polar surface area (TPSA) is 101 Å². The Kier molecular flexibility index (Phi) is 5.46. The third-order valence-electron chi connectivity index (χ3n) is 3.71. The number of nitrogens with one attached hydrogen (secondary N) is 2. The third-order valence-corrected chi connectivity index (χ3v) is 3.71. The lowest BCUT2D eigenvalue weighted by Gasteiger charge is -2.15. The zero-order chi connectivity index (χ0) is 15.9. The molecule has 2 rings (SSSR count). The zero-order valence-electron chi connectivity index (χ0n) is 12.2. The summed E-state index contributed by atoms with van der Waals surface area (Å²) in [5.41, 5.74) is 0.0946. The second-order valence-electron chi connectivity index (χ2n) is 5.42. The Hall–Kier alpha value is -2.44. The van der Waals surface area contributed by atoms with E-state index in [1.165, 1.54) is 24.3 Å². The molecule has 1 fully saturated rings. The molecule has 0 heterocycles. The minimum atomic E-state index is -0.801. The van der Waals surface area contributed by atoms with Crippen molar-refractivity contribution in [3.05, 3.63) is 34.4 Å². The lowest BCUT2D eigenvalue weighted by atomic mass is 10.1. The van der Waals surface area contributed by atoms with Gasteiger partial charge in [0.25, 0.3) is 5.69 Å². The maximum Gasteiger partial charge on any atom is 0.313 e. The van der Waals surface area contributed by atoms with E-state index < -0.39 is 16.7 Å². The lowest BCUT2D eigenvalue weighted by molar-refractivity contribution is -0.384. The van der Waals surface area contributed by atoms with Crippen molar-refractivity contribution in [3.8, 4) is 0 Å². The number of nitro benzene ring substituents is 1. The molecule has 0 saturated heterocycles. The molecular weight excluding hydrogens is 286 g/mol. The number of carbonyl (C=O) groups is 2. The van der Waals surface area contributed by atoms with E-state index in [2.05, 4.69) is 10.6 Å². The normalized spacial score (nSPS) is 15.6. The van der Waals surface area contributed by atoms with Gasteiger partial charge in [0.15, 0.2) is 0 Å². The highest BCUT2D eigenvalue weighted by atomic mass is 16.6. The standard InChI is InChI=1S/C15H19N3O4/c19-14(16-11-6-3-1-2-4-7-11)15(20)17-12-8-5-9-13(10-12)18(21)22/h5,8-11H,1-4,6-7H2,(H,16,19)(H,17,20). The van der Waals surface area contributed by atoms with Gasteiger partial charge in [-0.25, -0.2) is 0 Å². The van der Waals surface area contributed by atoms with E-state index in [4.69, 9.17) is 0 Å². The van der Waals surface area contributed by atoms with E-state index in [-0.39, 0.29) is 17.4 Å². The second kappa shape index (κ2) is 7.53. The van der Waals surface area contributed by atoms with Crippen LogP contribution in [-0.2, 0) is 9.59 Å². The smallest absolute Gasteiger partial charge is 0.313 e. The van der Waals surface area contributed by atoms with Crippen LogP contribution in [0.1, 0.15) is 38.5 Å². The molecule has 1 aliphatic rings. The molecule has 22 heavy (non-hydrogen) atoms. The molecule has 0 spiro atoms. The summed E-state index contributed by atoms with van der Waals surface area (Å²) < 4.78 is 0. The van der Waals surface area contributed by atoms with Crippen molar-refractivity contribution in [2.24, 2.45) is 0 Å². The quantitative estimate of drug-likeness (QED) is 0.387. The van der Waals surface area contributed by atoms with Crippen LogP contribution in [0, 0.1) is 10.1 Å². The second-order valence-corrected chi connectivity index (χ2v) is 5.42.